The molecule has 4 aromatic rings. The Labute approximate surface area is 171 Å². The van der Waals surface area contributed by atoms with Crippen LogP contribution in [0.1, 0.15) is 11.4 Å². The van der Waals surface area contributed by atoms with E-state index in [2.05, 4.69) is 9.97 Å². The third kappa shape index (κ3) is 5.72. The minimum atomic E-state index is -0.00352. The van der Waals surface area contributed by atoms with Gasteiger partial charge in [-0.15, -0.1) is 0 Å². The molecule has 2 heterocycles. The Hall–Kier alpha value is -2.53. The zero-order chi connectivity index (χ0) is 17.1. The van der Waals surface area contributed by atoms with Crippen molar-refractivity contribution in [2.45, 2.75) is 13.8 Å². The SMILES string of the molecule is Cc1ccc2cccc([O-])c2n1.Cc1ccc2cccc([O-])c2n1.[Mo].[O-2].[O-2]. The molecule has 0 bridgehead atoms. The molecule has 2 aromatic heterocycles. The van der Waals surface area contributed by atoms with Gasteiger partial charge in [-0.2, -0.15) is 0 Å². The summed E-state index contributed by atoms with van der Waals surface area (Å²) in [6.45, 7) is 3.76. The van der Waals surface area contributed by atoms with Gasteiger partial charge in [0.1, 0.15) is 0 Å². The predicted molar refractivity (Wildman–Crippen MR) is 93.2 cm³/mol. The first-order valence-electron chi connectivity index (χ1n) is 7.61. The molecule has 142 valence electrons. The Balaban J connectivity index is 0.000000451. The van der Waals surface area contributed by atoms with Gasteiger partial charge < -0.3 is 21.2 Å². The number of para-hydroxylation sites is 2. The van der Waals surface area contributed by atoms with Crippen molar-refractivity contribution in [1.29, 1.82) is 0 Å². The van der Waals surface area contributed by atoms with Gasteiger partial charge in [0.25, 0.3) is 0 Å². The van der Waals surface area contributed by atoms with Crippen molar-refractivity contribution in [3.05, 3.63) is 72.1 Å². The second-order valence-corrected chi connectivity index (χ2v) is 5.56. The van der Waals surface area contributed by atoms with Crippen LogP contribution in [0.2, 0.25) is 0 Å². The molecule has 2 aromatic carbocycles. The minimum absolute atomic E-state index is 0. The first-order chi connectivity index (χ1) is 11.5. The van der Waals surface area contributed by atoms with Crippen molar-refractivity contribution in [3.8, 4) is 11.5 Å². The fraction of sp³-hybridized carbons (Fsp3) is 0.100. The van der Waals surface area contributed by atoms with Crippen LogP contribution in [0, 0.1) is 13.8 Å². The third-order valence-corrected chi connectivity index (χ3v) is 3.64. The maximum Gasteiger partial charge on any atom is 0.0626 e. The molecule has 6 nitrogen and oxygen atoms in total. The van der Waals surface area contributed by atoms with Crippen molar-refractivity contribution in [2.75, 3.05) is 0 Å². The number of aryl methyl sites for hydroxylation is 2. The van der Waals surface area contributed by atoms with E-state index in [0.29, 0.717) is 11.0 Å². The van der Waals surface area contributed by atoms with E-state index in [-0.39, 0.29) is 43.5 Å². The average molecular weight is 444 g/mol. The number of hydrogen-bond acceptors (Lipinski definition) is 4. The van der Waals surface area contributed by atoms with E-state index in [1.165, 1.54) is 12.1 Å². The van der Waals surface area contributed by atoms with E-state index in [0.717, 1.165) is 22.2 Å². The third-order valence-electron chi connectivity index (χ3n) is 3.64. The minimum Gasteiger partial charge on any atom is -2.00 e. The van der Waals surface area contributed by atoms with Crippen LogP contribution in [0.4, 0.5) is 0 Å². The molecule has 0 radical (unpaired) electrons. The molecule has 0 aliphatic heterocycles. The smallest absolute Gasteiger partial charge is 0.0626 e. The standard InChI is InChI=1S/2C10H9NO.Mo.2O/c2*1-7-5-6-8-3-2-4-9(12)10(8)11-7;;;/h2*2-6,12H,1H3;;;/q;;;2*-2/p-2. The number of aromatic nitrogens is 2. The number of hydrogen-bond donors (Lipinski definition) is 0. The van der Waals surface area contributed by atoms with Crippen molar-refractivity contribution < 1.29 is 42.2 Å². The zero-order valence-corrected chi connectivity index (χ0v) is 16.7. The molecular formula is C20H16MoN2O4-6. The van der Waals surface area contributed by atoms with Gasteiger partial charge in [-0.25, -0.2) is 0 Å². The summed E-state index contributed by atoms with van der Waals surface area (Å²) >= 11 is 0. The summed E-state index contributed by atoms with van der Waals surface area (Å²) in [6, 6.07) is 18.0. The fourth-order valence-electron chi connectivity index (χ4n) is 2.43. The van der Waals surface area contributed by atoms with E-state index < -0.39 is 0 Å². The summed E-state index contributed by atoms with van der Waals surface area (Å²) in [5, 5.41) is 24.4. The zero-order valence-electron chi connectivity index (χ0n) is 14.7. The van der Waals surface area contributed by atoms with Crippen LogP contribution < -0.4 is 10.2 Å². The van der Waals surface area contributed by atoms with Gasteiger partial charge in [0.15, 0.2) is 0 Å². The second-order valence-electron chi connectivity index (χ2n) is 5.56. The normalized spacial score (nSPS) is 9.26. The quantitative estimate of drug-likeness (QED) is 0.386. The maximum atomic E-state index is 11.3. The summed E-state index contributed by atoms with van der Waals surface area (Å²) in [6.07, 6.45) is 0. The van der Waals surface area contributed by atoms with Gasteiger partial charge >= 0.3 is 0 Å². The van der Waals surface area contributed by atoms with E-state index in [9.17, 15) is 10.2 Å². The van der Waals surface area contributed by atoms with E-state index in [4.69, 9.17) is 0 Å². The van der Waals surface area contributed by atoms with Crippen LogP contribution >= 0.6 is 0 Å². The van der Waals surface area contributed by atoms with Crippen LogP contribution in [0.3, 0.4) is 0 Å². The maximum absolute atomic E-state index is 11.3. The van der Waals surface area contributed by atoms with Crippen molar-refractivity contribution in [2.24, 2.45) is 0 Å². The van der Waals surface area contributed by atoms with Gasteiger partial charge in [-0.05, 0) is 36.8 Å². The molecule has 0 unspecified atom stereocenters. The number of benzene rings is 2. The monoisotopic (exact) mass is 446 g/mol. The molecule has 27 heavy (non-hydrogen) atoms. The molecule has 4 rings (SSSR count). The summed E-state index contributed by atoms with van der Waals surface area (Å²) in [7, 11) is 0. The molecule has 0 fully saturated rings. The summed E-state index contributed by atoms with van der Waals surface area (Å²) in [5.41, 5.74) is 2.90. The predicted octanol–water partition coefficient (Wildman–Crippen LogP) is 2.99. The summed E-state index contributed by atoms with van der Waals surface area (Å²) in [5.74, 6) is -0.00704. The van der Waals surface area contributed by atoms with Crippen LogP contribution in [-0.2, 0) is 32.0 Å². The number of pyridine rings is 2. The number of rotatable bonds is 0. The fourth-order valence-corrected chi connectivity index (χ4v) is 2.43. The molecule has 0 spiro atoms. The van der Waals surface area contributed by atoms with Gasteiger partial charge in [-0.3, -0.25) is 9.97 Å². The van der Waals surface area contributed by atoms with Crippen LogP contribution in [0.5, 0.6) is 11.5 Å². The Kier molecular flexibility index (Phi) is 9.59. The molecule has 0 aliphatic carbocycles. The van der Waals surface area contributed by atoms with Crippen molar-refractivity contribution >= 4 is 21.8 Å². The Morgan fingerprint density at radius 2 is 0.963 bits per heavy atom. The van der Waals surface area contributed by atoms with Gasteiger partial charge in [0, 0.05) is 32.5 Å². The van der Waals surface area contributed by atoms with E-state index in [1.807, 2.05) is 50.2 Å². The molecule has 0 amide bonds. The number of nitrogens with zero attached hydrogens (tertiary/aromatic N) is 2. The van der Waals surface area contributed by atoms with Gasteiger partial charge in [-0.1, -0.05) is 60.0 Å². The molecule has 7 heteroatoms. The second kappa shape index (κ2) is 10.6. The van der Waals surface area contributed by atoms with Crippen LogP contribution in [0.25, 0.3) is 21.8 Å². The Morgan fingerprint density at radius 3 is 1.33 bits per heavy atom. The Bertz CT molecular complexity index is 942. The molecular weight excluding hydrogens is 428 g/mol. The van der Waals surface area contributed by atoms with Crippen molar-refractivity contribution in [3.63, 3.8) is 0 Å². The first-order valence-corrected chi connectivity index (χ1v) is 7.61. The first kappa shape index (κ1) is 24.5. The van der Waals surface area contributed by atoms with Crippen molar-refractivity contribution in [1.82, 2.24) is 9.97 Å². The summed E-state index contributed by atoms with van der Waals surface area (Å²) < 4.78 is 0. The number of fused-ring (bicyclic) bond motifs is 2. The average Bonchev–Trinajstić information content (AvgIpc) is 2.57. The molecule has 0 saturated carbocycles. The largest absolute Gasteiger partial charge is 2.00 e. The Morgan fingerprint density at radius 1 is 0.593 bits per heavy atom. The van der Waals surface area contributed by atoms with E-state index >= 15 is 0 Å². The molecule has 0 aliphatic rings. The van der Waals surface area contributed by atoms with Crippen LogP contribution in [0.15, 0.2) is 60.7 Å². The topological polar surface area (TPSA) is 129 Å². The van der Waals surface area contributed by atoms with Gasteiger partial charge in [0.2, 0.25) is 0 Å². The molecule has 0 N–H and O–H groups in total. The molecule has 0 atom stereocenters. The molecule has 0 saturated heterocycles. The summed E-state index contributed by atoms with van der Waals surface area (Å²) in [4.78, 5) is 8.33. The van der Waals surface area contributed by atoms with Crippen LogP contribution in [-0.4, -0.2) is 9.97 Å². The van der Waals surface area contributed by atoms with Gasteiger partial charge in [0.05, 0.1) is 11.0 Å². The van der Waals surface area contributed by atoms with E-state index in [1.54, 1.807) is 12.1 Å².